The molecule has 3 unspecified atom stereocenters. The maximum Gasteiger partial charge on any atom is 0.138 e. The molecule has 16 heavy (non-hydrogen) atoms. The van der Waals surface area contributed by atoms with Gasteiger partial charge in [0, 0.05) is 22.8 Å². The molecule has 0 aromatic carbocycles. The summed E-state index contributed by atoms with van der Waals surface area (Å²) in [6.45, 7) is 0.779. The highest BCUT2D eigenvalue weighted by Crippen LogP contribution is 2.46. The summed E-state index contributed by atoms with van der Waals surface area (Å²) in [4.78, 5) is 6.56. The van der Waals surface area contributed by atoms with Crippen molar-refractivity contribution >= 4 is 15.9 Å². The van der Waals surface area contributed by atoms with Crippen molar-refractivity contribution in [2.75, 3.05) is 13.7 Å². The lowest BCUT2D eigenvalue weighted by molar-refractivity contribution is 0.176. The first kappa shape index (κ1) is 10.5. The Kier molecular flexibility index (Phi) is 2.64. The standard InChI is InChI=1S/C12H15BrN2O/c1-15-10(2-8-3-12(8)15)7-16-11-4-9(13)5-14-6-11/h4-6,8,10,12H,2-3,7H2,1H3. The molecule has 0 spiro atoms. The van der Waals surface area contributed by atoms with Crippen LogP contribution in [0.3, 0.4) is 0 Å². The molecule has 3 atom stereocenters. The Morgan fingerprint density at radius 3 is 3.06 bits per heavy atom. The number of halogens is 1. The maximum absolute atomic E-state index is 5.78. The fourth-order valence-electron chi connectivity index (χ4n) is 2.62. The Bertz CT molecular complexity index is 398. The highest BCUT2D eigenvalue weighted by Gasteiger charge is 2.50. The zero-order chi connectivity index (χ0) is 11.1. The number of pyridine rings is 1. The van der Waals surface area contributed by atoms with E-state index in [9.17, 15) is 0 Å². The van der Waals surface area contributed by atoms with Crippen molar-refractivity contribution in [1.82, 2.24) is 9.88 Å². The molecule has 3 nitrogen and oxygen atoms in total. The Balaban J connectivity index is 1.57. The molecule has 1 saturated carbocycles. The van der Waals surface area contributed by atoms with E-state index in [1.807, 2.05) is 6.07 Å². The summed E-state index contributed by atoms with van der Waals surface area (Å²) in [5, 5.41) is 0. The van der Waals surface area contributed by atoms with E-state index in [4.69, 9.17) is 4.74 Å². The molecule has 3 rings (SSSR count). The van der Waals surface area contributed by atoms with Gasteiger partial charge in [-0.05, 0) is 47.8 Å². The normalized spacial score (nSPS) is 32.5. The quantitative estimate of drug-likeness (QED) is 0.851. The van der Waals surface area contributed by atoms with Crippen LogP contribution < -0.4 is 4.74 Å². The third-order valence-corrected chi connectivity index (χ3v) is 4.12. The second-order valence-corrected chi connectivity index (χ2v) is 5.68. The van der Waals surface area contributed by atoms with Crippen molar-refractivity contribution < 1.29 is 4.74 Å². The van der Waals surface area contributed by atoms with Crippen molar-refractivity contribution in [1.29, 1.82) is 0 Å². The molecule has 2 heterocycles. The number of likely N-dealkylation sites (N-methyl/N-ethyl adjacent to an activating group) is 1. The molecule has 2 aliphatic rings. The average Bonchev–Trinajstić information content (AvgIpc) is 2.96. The second kappa shape index (κ2) is 4.00. The molecule has 1 aliphatic carbocycles. The topological polar surface area (TPSA) is 25.4 Å². The minimum atomic E-state index is 0.586. The van der Waals surface area contributed by atoms with E-state index >= 15 is 0 Å². The van der Waals surface area contributed by atoms with Crippen LogP contribution in [0.5, 0.6) is 5.75 Å². The van der Waals surface area contributed by atoms with E-state index in [1.54, 1.807) is 12.4 Å². The van der Waals surface area contributed by atoms with Crippen molar-refractivity contribution in [2.45, 2.75) is 24.9 Å². The van der Waals surface area contributed by atoms with Crippen LogP contribution in [0.2, 0.25) is 0 Å². The fourth-order valence-corrected chi connectivity index (χ4v) is 2.96. The van der Waals surface area contributed by atoms with Crippen LogP contribution >= 0.6 is 15.9 Å². The van der Waals surface area contributed by atoms with Gasteiger partial charge in [0.25, 0.3) is 0 Å². The number of nitrogens with zero attached hydrogens (tertiary/aromatic N) is 2. The number of hydrogen-bond donors (Lipinski definition) is 0. The summed E-state index contributed by atoms with van der Waals surface area (Å²) < 4.78 is 6.74. The highest BCUT2D eigenvalue weighted by molar-refractivity contribution is 9.10. The lowest BCUT2D eigenvalue weighted by Gasteiger charge is -2.22. The Morgan fingerprint density at radius 2 is 2.38 bits per heavy atom. The van der Waals surface area contributed by atoms with Crippen LogP contribution in [-0.2, 0) is 0 Å². The van der Waals surface area contributed by atoms with Gasteiger partial charge in [0.1, 0.15) is 12.4 Å². The van der Waals surface area contributed by atoms with Crippen LogP contribution in [0.1, 0.15) is 12.8 Å². The minimum absolute atomic E-state index is 0.586. The van der Waals surface area contributed by atoms with Crippen LogP contribution in [-0.4, -0.2) is 35.6 Å². The number of hydrogen-bond acceptors (Lipinski definition) is 3. The summed E-state index contributed by atoms with van der Waals surface area (Å²) in [6.07, 6.45) is 6.22. The van der Waals surface area contributed by atoms with Gasteiger partial charge in [0.05, 0.1) is 6.20 Å². The number of piperidine rings is 1. The lowest BCUT2D eigenvalue weighted by atomic mass is 10.2. The molecule has 86 valence electrons. The summed E-state index contributed by atoms with van der Waals surface area (Å²) in [7, 11) is 2.21. The molecule has 1 aromatic heterocycles. The van der Waals surface area contributed by atoms with Gasteiger partial charge in [0.15, 0.2) is 0 Å². The zero-order valence-electron chi connectivity index (χ0n) is 9.27. The number of ether oxygens (including phenoxy) is 1. The van der Waals surface area contributed by atoms with Crippen LogP contribution in [0.25, 0.3) is 0 Å². The minimum Gasteiger partial charge on any atom is -0.490 e. The van der Waals surface area contributed by atoms with Crippen molar-refractivity contribution in [3.8, 4) is 5.75 Å². The summed E-state index contributed by atoms with van der Waals surface area (Å²) in [5.41, 5.74) is 0. The summed E-state index contributed by atoms with van der Waals surface area (Å²) >= 11 is 3.39. The van der Waals surface area contributed by atoms with Gasteiger partial charge in [-0.2, -0.15) is 0 Å². The molecule has 0 bridgehead atoms. The lowest BCUT2D eigenvalue weighted by Crippen LogP contribution is -2.33. The molecule has 1 saturated heterocycles. The number of fused-ring (bicyclic) bond motifs is 1. The Morgan fingerprint density at radius 1 is 1.50 bits per heavy atom. The fraction of sp³-hybridized carbons (Fsp3) is 0.583. The monoisotopic (exact) mass is 282 g/mol. The SMILES string of the molecule is CN1C(COc2cncc(Br)c2)CC2CC21. The van der Waals surface area contributed by atoms with E-state index in [0.717, 1.165) is 28.8 Å². The van der Waals surface area contributed by atoms with E-state index in [1.165, 1.54) is 12.8 Å². The van der Waals surface area contributed by atoms with Gasteiger partial charge >= 0.3 is 0 Å². The van der Waals surface area contributed by atoms with E-state index in [0.29, 0.717) is 6.04 Å². The summed E-state index contributed by atoms with van der Waals surface area (Å²) in [6, 6.07) is 3.39. The average molecular weight is 283 g/mol. The molecular formula is C12H15BrN2O. The molecule has 4 heteroatoms. The smallest absolute Gasteiger partial charge is 0.138 e. The molecule has 0 amide bonds. The highest BCUT2D eigenvalue weighted by atomic mass is 79.9. The van der Waals surface area contributed by atoms with Crippen LogP contribution in [0.15, 0.2) is 22.9 Å². The molecule has 2 fully saturated rings. The van der Waals surface area contributed by atoms with E-state index in [2.05, 4.69) is 32.9 Å². The van der Waals surface area contributed by atoms with Crippen molar-refractivity contribution in [3.63, 3.8) is 0 Å². The van der Waals surface area contributed by atoms with Crippen LogP contribution in [0.4, 0.5) is 0 Å². The van der Waals surface area contributed by atoms with Gasteiger partial charge in [-0.1, -0.05) is 0 Å². The van der Waals surface area contributed by atoms with Gasteiger partial charge in [-0.15, -0.1) is 0 Å². The second-order valence-electron chi connectivity index (χ2n) is 4.77. The van der Waals surface area contributed by atoms with Gasteiger partial charge in [0.2, 0.25) is 0 Å². The molecule has 1 aliphatic heterocycles. The van der Waals surface area contributed by atoms with Crippen LogP contribution in [0, 0.1) is 5.92 Å². The number of rotatable bonds is 3. The van der Waals surface area contributed by atoms with Gasteiger partial charge in [-0.3, -0.25) is 9.88 Å². The predicted molar refractivity (Wildman–Crippen MR) is 65.5 cm³/mol. The molecule has 1 aromatic rings. The first-order valence-corrected chi connectivity index (χ1v) is 6.48. The molecule has 0 N–H and O–H groups in total. The van der Waals surface area contributed by atoms with Crippen molar-refractivity contribution in [2.24, 2.45) is 5.92 Å². The first-order chi connectivity index (χ1) is 7.74. The van der Waals surface area contributed by atoms with Gasteiger partial charge < -0.3 is 4.74 Å². The van der Waals surface area contributed by atoms with E-state index < -0.39 is 0 Å². The molecule has 0 radical (unpaired) electrons. The van der Waals surface area contributed by atoms with E-state index in [-0.39, 0.29) is 0 Å². The maximum atomic E-state index is 5.78. The van der Waals surface area contributed by atoms with Gasteiger partial charge in [-0.25, -0.2) is 0 Å². The predicted octanol–water partition coefficient (Wildman–Crippen LogP) is 2.32. The summed E-state index contributed by atoms with van der Waals surface area (Å²) in [5.74, 6) is 1.79. The Hall–Kier alpha value is -0.610. The number of likely N-dealkylation sites (tertiary alicyclic amines) is 1. The third kappa shape index (κ3) is 1.96. The zero-order valence-corrected chi connectivity index (χ0v) is 10.9. The Labute approximate surface area is 104 Å². The number of aromatic nitrogens is 1. The van der Waals surface area contributed by atoms with Crippen molar-refractivity contribution in [3.05, 3.63) is 22.9 Å². The molecular weight excluding hydrogens is 268 g/mol. The first-order valence-electron chi connectivity index (χ1n) is 5.69. The third-order valence-electron chi connectivity index (χ3n) is 3.68. The largest absolute Gasteiger partial charge is 0.490 e.